The zero-order chi connectivity index (χ0) is 13.9. The van der Waals surface area contributed by atoms with Crippen LogP contribution in [-0.4, -0.2) is 46.8 Å². The number of ether oxygens (including phenoxy) is 1. The van der Waals surface area contributed by atoms with Crippen molar-refractivity contribution in [3.05, 3.63) is 30.0 Å². The first-order valence-electron chi connectivity index (χ1n) is 7.12. The molecule has 2 heterocycles. The Morgan fingerprint density at radius 2 is 2.25 bits per heavy atom. The van der Waals surface area contributed by atoms with Crippen LogP contribution in [0, 0.1) is 0 Å². The zero-order valence-corrected chi connectivity index (χ0v) is 11.6. The van der Waals surface area contributed by atoms with Gasteiger partial charge in [0, 0.05) is 30.6 Å². The van der Waals surface area contributed by atoms with E-state index in [-0.39, 0.29) is 5.91 Å². The molecule has 1 amide bonds. The third-order valence-electron chi connectivity index (χ3n) is 3.82. The molecule has 1 aliphatic heterocycles. The van der Waals surface area contributed by atoms with Crippen molar-refractivity contribution < 1.29 is 9.53 Å². The van der Waals surface area contributed by atoms with Crippen molar-refractivity contribution in [1.29, 1.82) is 0 Å². The van der Waals surface area contributed by atoms with Gasteiger partial charge in [-0.1, -0.05) is 6.07 Å². The summed E-state index contributed by atoms with van der Waals surface area (Å²) in [6, 6.07) is 5.67. The Bertz CT molecular complexity index is 600. The summed E-state index contributed by atoms with van der Waals surface area (Å²) in [7, 11) is 0. The molecule has 1 N–H and O–H groups in total. The summed E-state index contributed by atoms with van der Waals surface area (Å²) in [6.07, 6.45) is 3.91. The number of likely N-dealkylation sites (tertiary alicyclic amines) is 1. The van der Waals surface area contributed by atoms with Gasteiger partial charge in [0.2, 0.25) is 0 Å². The highest BCUT2D eigenvalue weighted by Gasteiger charge is 2.23. The van der Waals surface area contributed by atoms with Crippen LogP contribution in [0.4, 0.5) is 0 Å². The van der Waals surface area contributed by atoms with E-state index in [0.717, 1.165) is 49.0 Å². The van der Waals surface area contributed by atoms with E-state index in [1.54, 1.807) is 6.20 Å². The van der Waals surface area contributed by atoms with Crippen LogP contribution in [0.2, 0.25) is 0 Å². The molecule has 0 unspecified atom stereocenters. The van der Waals surface area contributed by atoms with E-state index < -0.39 is 0 Å². The molecule has 2 aromatic rings. The zero-order valence-electron chi connectivity index (χ0n) is 11.6. The van der Waals surface area contributed by atoms with E-state index in [1.165, 1.54) is 0 Å². The minimum atomic E-state index is 0.0939. The number of carbonyl (C=O) groups excluding carboxylic acids is 1. The summed E-state index contributed by atoms with van der Waals surface area (Å²) in [4.78, 5) is 14.4. The fourth-order valence-corrected chi connectivity index (χ4v) is 2.71. The molecular weight excluding hydrogens is 254 g/mol. The molecule has 0 bridgehead atoms. The maximum Gasteiger partial charge on any atom is 0.253 e. The minimum absolute atomic E-state index is 0.0939. The molecule has 0 saturated carbocycles. The van der Waals surface area contributed by atoms with Gasteiger partial charge in [0.15, 0.2) is 0 Å². The van der Waals surface area contributed by atoms with Gasteiger partial charge in [0.1, 0.15) is 0 Å². The highest BCUT2D eigenvalue weighted by atomic mass is 16.5. The fourth-order valence-electron chi connectivity index (χ4n) is 2.71. The van der Waals surface area contributed by atoms with Gasteiger partial charge >= 0.3 is 0 Å². The van der Waals surface area contributed by atoms with Gasteiger partial charge in [-0.2, -0.15) is 5.10 Å². The van der Waals surface area contributed by atoms with Gasteiger partial charge in [-0.15, -0.1) is 0 Å². The normalized spacial score (nSPS) is 16.8. The molecule has 20 heavy (non-hydrogen) atoms. The van der Waals surface area contributed by atoms with Crippen molar-refractivity contribution in [3.8, 4) is 0 Å². The number of aromatic nitrogens is 2. The Morgan fingerprint density at radius 3 is 3.00 bits per heavy atom. The van der Waals surface area contributed by atoms with Crippen molar-refractivity contribution in [2.45, 2.75) is 25.9 Å². The van der Waals surface area contributed by atoms with E-state index >= 15 is 0 Å². The number of fused-ring (bicyclic) bond motifs is 1. The van der Waals surface area contributed by atoms with Gasteiger partial charge in [-0.3, -0.25) is 9.89 Å². The summed E-state index contributed by atoms with van der Waals surface area (Å²) in [5.41, 5.74) is 1.62. The Hall–Kier alpha value is -1.88. The van der Waals surface area contributed by atoms with E-state index in [1.807, 2.05) is 30.0 Å². The number of piperidine rings is 1. The van der Waals surface area contributed by atoms with Gasteiger partial charge in [0.05, 0.1) is 17.8 Å². The molecule has 5 heteroatoms. The molecule has 0 spiro atoms. The second-order valence-electron chi connectivity index (χ2n) is 5.12. The van der Waals surface area contributed by atoms with Crippen LogP contribution in [0.15, 0.2) is 24.4 Å². The van der Waals surface area contributed by atoms with Crippen LogP contribution in [-0.2, 0) is 4.74 Å². The van der Waals surface area contributed by atoms with Gasteiger partial charge in [0.25, 0.3) is 5.91 Å². The first kappa shape index (κ1) is 13.1. The predicted octanol–water partition coefficient (Wildman–Crippen LogP) is 2.20. The van der Waals surface area contributed by atoms with Crippen LogP contribution in [0.1, 0.15) is 30.1 Å². The number of benzene rings is 1. The molecule has 0 atom stereocenters. The van der Waals surface area contributed by atoms with Gasteiger partial charge < -0.3 is 9.64 Å². The number of rotatable bonds is 3. The highest BCUT2D eigenvalue weighted by molar-refractivity contribution is 5.97. The monoisotopic (exact) mass is 273 g/mol. The van der Waals surface area contributed by atoms with Crippen molar-refractivity contribution in [2.24, 2.45) is 0 Å². The second-order valence-corrected chi connectivity index (χ2v) is 5.12. The van der Waals surface area contributed by atoms with Crippen molar-refractivity contribution in [2.75, 3.05) is 19.7 Å². The van der Waals surface area contributed by atoms with E-state index in [4.69, 9.17) is 4.74 Å². The molecule has 1 fully saturated rings. The fraction of sp³-hybridized carbons (Fsp3) is 0.467. The number of amides is 1. The van der Waals surface area contributed by atoms with Crippen molar-refractivity contribution in [3.63, 3.8) is 0 Å². The first-order valence-corrected chi connectivity index (χ1v) is 7.12. The topological polar surface area (TPSA) is 58.2 Å². The average Bonchev–Trinajstić information content (AvgIpc) is 2.95. The van der Waals surface area contributed by atoms with Crippen LogP contribution in [0.25, 0.3) is 10.9 Å². The minimum Gasteiger partial charge on any atom is -0.378 e. The van der Waals surface area contributed by atoms with Gasteiger partial charge in [-0.25, -0.2) is 0 Å². The quantitative estimate of drug-likeness (QED) is 0.932. The molecule has 1 saturated heterocycles. The summed E-state index contributed by atoms with van der Waals surface area (Å²) >= 11 is 0. The lowest BCUT2D eigenvalue weighted by Crippen LogP contribution is -2.40. The SMILES string of the molecule is CCOC1CCN(C(=O)c2ccc3cn[nH]c3c2)CC1. The average molecular weight is 273 g/mol. The second kappa shape index (κ2) is 5.63. The molecule has 106 valence electrons. The number of hydrogen-bond acceptors (Lipinski definition) is 3. The maximum absolute atomic E-state index is 12.5. The molecular formula is C15H19N3O2. The summed E-state index contributed by atoms with van der Waals surface area (Å²) in [5, 5.41) is 7.90. The number of nitrogens with one attached hydrogen (secondary N) is 1. The lowest BCUT2D eigenvalue weighted by molar-refractivity contribution is 0.0146. The number of hydrogen-bond donors (Lipinski definition) is 1. The van der Waals surface area contributed by atoms with Crippen molar-refractivity contribution >= 4 is 16.8 Å². The maximum atomic E-state index is 12.5. The van der Waals surface area contributed by atoms with E-state index in [2.05, 4.69) is 10.2 Å². The van der Waals surface area contributed by atoms with E-state index in [0.29, 0.717) is 6.10 Å². The molecule has 0 radical (unpaired) electrons. The standard InChI is InChI=1S/C15H19N3O2/c1-2-20-13-5-7-18(8-6-13)15(19)11-3-4-12-10-16-17-14(12)9-11/h3-4,9-10,13H,2,5-8H2,1H3,(H,16,17). The van der Waals surface area contributed by atoms with Gasteiger partial charge in [-0.05, 0) is 31.9 Å². The number of H-pyrrole nitrogens is 1. The Balaban J connectivity index is 1.69. The number of aromatic amines is 1. The molecule has 1 aromatic carbocycles. The molecule has 5 nitrogen and oxygen atoms in total. The van der Waals surface area contributed by atoms with Crippen LogP contribution in [0.5, 0.6) is 0 Å². The molecule has 1 aliphatic rings. The number of nitrogens with zero attached hydrogens (tertiary/aromatic N) is 2. The summed E-state index contributed by atoms with van der Waals surface area (Å²) < 4.78 is 5.61. The van der Waals surface area contributed by atoms with Crippen LogP contribution < -0.4 is 0 Å². The Kier molecular flexibility index (Phi) is 3.69. The summed E-state index contributed by atoms with van der Waals surface area (Å²) in [5.74, 6) is 0.0939. The summed E-state index contributed by atoms with van der Waals surface area (Å²) in [6.45, 7) is 4.29. The molecule has 0 aliphatic carbocycles. The first-order chi connectivity index (χ1) is 9.78. The largest absolute Gasteiger partial charge is 0.378 e. The third-order valence-corrected chi connectivity index (χ3v) is 3.82. The van der Waals surface area contributed by atoms with E-state index in [9.17, 15) is 4.79 Å². The van der Waals surface area contributed by atoms with Crippen molar-refractivity contribution in [1.82, 2.24) is 15.1 Å². The molecule has 3 rings (SSSR count). The van der Waals surface area contributed by atoms with Crippen LogP contribution >= 0.6 is 0 Å². The van der Waals surface area contributed by atoms with Crippen LogP contribution in [0.3, 0.4) is 0 Å². The number of carbonyl (C=O) groups is 1. The third kappa shape index (κ3) is 2.54. The molecule has 1 aromatic heterocycles. The lowest BCUT2D eigenvalue weighted by atomic mass is 10.1. The lowest BCUT2D eigenvalue weighted by Gasteiger charge is -2.31. The highest BCUT2D eigenvalue weighted by Crippen LogP contribution is 2.18. The Labute approximate surface area is 117 Å². The Morgan fingerprint density at radius 1 is 1.45 bits per heavy atom. The smallest absolute Gasteiger partial charge is 0.253 e. The predicted molar refractivity (Wildman–Crippen MR) is 76.6 cm³/mol.